The van der Waals surface area contributed by atoms with Gasteiger partial charge in [0.25, 0.3) is 0 Å². The summed E-state index contributed by atoms with van der Waals surface area (Å²) in [6.45, 7) is 7.29. The molecule has 0 bridgehead atoms. The van der Waals surface area contributed by atoms with Gasteiger partial charge in [-0.1, -0.05) is 26.2 Å². The number of nitrogens with zero attached hydrogens (tertiary/aromatic N) is 4. The van der Waals surface area contributed by atoms with Gasteiger partial charge in [0.2, 0.25) is 5.82 Å². The molecular weight excluding hydrogens is 264 g/mol. The van der Waals surface area contributed by atoms with Crippen LogP contribution in [0, 0.1) is 0 Å². The Labute approximate surface area is 127 Å². The minimum absolute atomic E-state index is 0.485. The molecule has 0 radical (unpaired) electrons. The van der Waals surface area contributed by atoms with Crippen LogP contribution in [0.5, 0.6) is 0 Å². The number of likely N-dealkylation sites (N-methyl/N-ethyl adjacent to an activating group) is 1. The van der Waals surface area contributed by atoms with Crippen LogP contribution < -0.4 is 9.80 Å². The molecule has 3 rings (SSSR count). The van der Waals surface area contributed by atoms with Gasteiger partial charge in [0, 0.05) is 6.42 Å². The van der Waals surface area contributed by atoms with Crippen LogP contribution in [0.2, 0.25) is 0 Å². The average Bonchev–Trinajstić information content (AvgIpc) is 3.16. The average molecular weight is 294 g/mol. The first-order chi connectivity index (χ1) is 10.3. The quantitative estimate of drug-likeness (QED) is 0.736. The summed E-state index contributed by atoms with van der Waals surface area (Å²) in [5.41, 5.74) is 0. The van der Waals surface area contributed by atoms with E-state index < -0.39 is 0 Å². The number of quaternary nitrogens is 2. The molecule has 1 aliphatic heterocycles. The zero-order valence-electron chi connectivity index (χ0n) is 13.5. The van der Waals surface area contributed by atoms with E-state index in [-0.39, 0.29) is 0 Å². The Morgan fingerprint density at radius 1 is 1.19 bits per heavy atom. The monoisotopic (exact) mass is 294 g/mol. The lowest BCUT2D eigenvalue weighted by Gasteiger charge is -2.33. The SMILES string of the molecule is CCC[C@H](c1nnnn1C1CCCC1)[NH+]1CC[NH+](C)CC1. The van der Waals surface area contributed by atoms with E-state index in [1.807, 2.05) is 0 Å². The Bertz CT molecular complexity index is 431. The molecular formula is C15H30N6+2. The van der Waals surface area contributed by atoms with E-state index in [9.17, 15) is 0 Å². The van der Waals surface area contributed by atoms with E-state index in [2.05, 4.69) is 34.2 Å². The summed E-state index contributed by atoms with van der Waals surface area (Å²) < 4.78 is 2.17. The number of nitrogens with one attached hydrogen (secondary N) is 2. The molecule has 2 aliphatic rings. The summed E-state index contributed by atoms with van der Waals surface area (Å²) in [6, 6.07) is 1.03. The molecule has 0 amide bonds. The van der Waals surface area contributed by atoms with Crippen LogP contribution in [0.4, 0.5) is 0 Å². The van der Waals surface area contributed by atoms with Gasteiger partial charge in [0.1, 0.15) is 32.2 Å². The summed E-state index contributed by atoms with van der Waals surface area (Å²) in [7, 11) is 2.30. The van der Waals surface area contributed by atoms with Gasteiger partial charge >= 0.3 is 0 Å². The third kappa shape index (κ3) is 3.26. The summed E-state index contributed by atoms with van der Waals surface area (Å²) in [4.78, 5) is 3.35. The van der Waals surface area contributed by atoms with Gasteiger partial charge in [-0.25, -0.2) is 4.68 Å². The van der Waals surface area contributed by atoms with Crippen molar-refractivity contribution in [2.45, 2.75) is 57.5 Å². The Balaban J connectivity index is 1.78. The van der Waals surface area contributed by atoms with E-state index in [1.165, 1.54) is 64.7 Å². The van der Waals surface area contributed by atoms with Crippen LogP contribution in [0.15, 0.2) is 0 Å². The molecule has 0 aromatic carbocycles. The predicted octanol–water partition coefficient (Wildman–Crippen LogP) is -0.957. The molecule has 0 unspecified atom stereocenters. The van der Waals surface area contributed by atoms with Crippen molar-refractivity contribution in [1.29, 1.82) is 0 Å². The van der Waals surface area contributed by atoms with Crippen LogP contribution in [0.3, 0.4) is 0 Å². The Hall–Kier alpha value is -1.01. The minimum Gasteiger partial charge on any atom is -0.328 e. The summed E-state index contributed by atoms with van der Waals surface area (Å²) in [6.07, 6.45) is 7.55. The molecule has 2 heterocycles. The Morgan fingerprint density at radius 2 is 1.90 bits per heavy atom. The van der Waals surface area contributed by atoms with E-state index in [0.29, 0.717) is 12.1 Å². The molecule has 0 spiro atoms. The molecule has 1 atom stereocenters. The molecule has 2 fully saturated rings. The summed E-state index contributed by atoms with van der Waals surface area (Å²) >= 11 is 0. The lowest BCUT2D eigenvalue weighted by Crippen LogP contribution is -3.27. The van der Waals surface area contributed by atoms with Gasteiger partial charge in [-0.15, -0.1) is 5.10 Å². The number of aromatic nitrogens is 4. The molecule has 6 heteroatoms. The van der Waals surface area contributed by atoms with Crippen LogP contribution in [0.1, 0.15) is 63.4 Å². The van der Waals surface area contributed by atoms with E-state index in [4.69, 9.17) is 0 Å². The topological polar surface area (TPSA) is 52.5 Å². The van der Waals surface area contributed by atoms with E-state index in [0.717, 1.165) is 5.82 Å². The standard InChI is InChI=1S/C15H28N6/c1-3-6-14(20-11-9-19(2)10-12-20)15-16-17-18-21(15)13-7-4-5-8-13/h13-14H,3-12H2,1-2H3/p+2/t14-/m1/s1. The van der Waals surface area contributed by atoms with E-state index >= 15 is 0 Å². The Kier molecular flexibility index (Phi) is 4.85. The van der Waals surface area contributed by atoms with Crippen molar-refractivity contribution in [3.63, 3.8) is 0 Å². The van der Waals surface area contributed by atoms with Crippen LogP contribution >= 0.6 is 0 Å². The van der Waals surface area contributed by atoms with E-state index in [1.54, 1.807) is 9.80 Å². The summed E-state index contributed by atoms with van der Waals surface area (Å²) in [5.74, 6) is 1.15. The molecule has 6 nitrogen and oxygen atoms in total. The highest BCUT2D eigenvalue weighted by Gasteiger charge is 2.34. The zero-order valence-corrected chi connectivity index (χ0v) is 13.5. The fraction of sp³-hybridized carbons (Fsp3) is 0.933. The first-order valence-electron chi connectivity index (χ1n) is 8.73. The highest BCUT2D eigenvalue weighted by Crippen LogP contribution is 2.30. The lowest BCUT2D eigenvalue weighted by molar-refractivity contribution is -1.02. The van der Waals surface area contributed by atoms with Gasteiger partial charge in [-0.05, 0) is 23.3 Å². The number of piperazine rings is 1. The molecule has 1 aromatic heterocycles. The van der Waals surface area contributed by atoms with Crippen LogP contribution in [-0.2, 0) is 0 Å². The molecule has 1 saturated heterocycles. The molecule has 21 heavy (non-hydrogen) atoms. The zero-order chi connectivity index (χ0) is 14.7. The van der Waals surface area contributed by atoms with Crippen LogP contribution in [0.25, 0.3) is 0 Å². The molecule has 2 N–H and O–H groups in total. The largest absolute Gasteiger partial charge is 0.328 e. The maximum absolute atomic E-state index is 4.45. The van der Waals surface area contributed by atoms with Gasteiger partial charge in [0.15, 0.2) is 0 Å². The highest BCUT2D eigenvalue weighted by atomic mass is 15.6. The van der Waals surface area contributed by atoms with Crippen LogP contribution in [-0.4, -0.2) is 53.4 Å². The van der Waals surface area contributed by atoms with Crippen molar-refractivity contribution in [3.8, 4) is 0 Å². The van der Waals surface area contributed by atoms with Crippen molar-refractivity contribution in [1.82, 2.24) is 20.2 Å². The van der Waals surface area contributed by atoms with Crippen molar-refractivity contribution >= 4 is 0 Å². The molecule has 1 aliphatic carbocycles. The second kappa shape index (κ2) is 6.83. The number of hydrogen-bond donors (Lipinski definition) is 2. The van der Waals surface area contributed by atoms with Crippen molar-refractivity contribution in [2.75, 3.05) is 33.2 Å². The third-order valence-corrected chi connectivity index (χ3v) is 5.32. The van der Waals surface area contributed by atoms with Gasteiger partial charge < -0.3 is 9.80 Å². The fourth-order valence-corrected chi connectivity index (χ4v) is 3.99. The van der Waals surface area contributed by atoms with Gasteiger partial charge in [-0.3, -0.25) is 0 Å². The van der Waals surface area contributed by atoms with Gasteiger partial charge in [-0.2, -0.15) is 0 Å². The third-order valence-electron chi connectivity index (χ3n) is 5.32. The molecule has 1 saturated carbocycles. The maximum atomic E-state index is 4.45. The van der Waals surface area contributed by atoms with Crippen molar-refractivity contribution in [3.05, 3.63) is 5.82 Å². The number of rotatable bonds is 5. The summed E-state index contributed by atoms with van der Waals surface area (Å²) in [5, 5.41) is 12.8. The Morgan fingerprint density at radius 3 is 2.57 bits per heavy atom. The highest BCUT2D eigenvalue weighted by molar-refractivity contribution is 4.91. The smallest absolute Gasteiger partial charge is 0.209 e. The number of hydrogen-bond acceptors (Lipinski definition) is 3. The normalized spacial score (nSPS) is 28.9. The second-order valence-electron chi connectivity index (χ2n) is 6.88. The second-order valence-corrected chi connectivity index (χ2v) is 6.88. The minimum atomic E-state index is 0.485. The fourth-order valence-electron chi connectivity index (χ4n) is 3.99. The molecule has 118 valence electrons. The van der Waals surface area contributed by atoms with Gasteiger partial charge in [0.05, 0.1) is 13.1 Å². The molecule has 1 aromatic rings. The first kappa shape index (κ1) is 14.9. The lowest BCUT2D eigenvalue weighted by atomic mass is 10.1. The van der Waals surface area contributed by atoms with Crippen molar-refractivity contribution < 1.29 is 9.80 Å². The maximum Gasteiger partial charge on any atom is 0.209 e. The predicted molar refractivity (Wildman–Crippen MR) is 80.3 cm³/mol. The first-order valence-corrected chi connectivity index (χ1v) is 8.73. The van der Waals surface area contributed by atoms with Crippen molar-refractivity contribution in [2.24, 2.45) is 0 Å². The number of tetrazole rings is 1.